The molecule has 0 aliphatic carbocycles. The molecule has 6 aromatic carbocycles. The van der Waals surface area contributed by atoms with Crippen molar-refractivity contribution in [1.29, 1.82) is 0 Å². The molecule has 9 rings (SSSR count). The predicted octanol–water partition coefficient (Wildman–Crippen LogP) is 12.1. The number of hydrogen-bond acceptors (Lipinski definition) is 12. The molecular formula is C50H41F4N5O9S3. The molecule has 0 radical (unpaired) electrons. The molecule has 21 heteroatoms. The van der Waals surface area contributed by atoms with Crippen LogP contribution in [0.25, 0.3) is 45.0 Å². The number of anilines is 2. The van der Waals surface area contributed by atoms with Gasteiger partial charge in [0.2, 0.25) is 11.5 Å². The smallest absolute Gasteiger partial charge is 0.300 e. The maximum Gasteiger partial charge on any atom is 0.300 e. The number of halogens is 4. The third-order valence-corrected chi connectivity index (χ3v) is 14.1. The highest BCUT2D eigenvalue weighted by atomic mass is 32.2. The minimum absolute atomic E-state index is 0.00501. The van der Waals surface area contributed by atoms with Gasteiger partial charge >= 0.3 is 0 Å². The van der Waals surface area contributed by atoms with Gasteiger partial charge in [0.15, 0.2) is 15.6 Å². The summed E-state index contributed by atoms with van der Waals surface area (Å²) in [4.78, 5) is 0.259. The van der Waals surface area contributed by atoms with Crippen LogP contribution in [-0.4, -0.2) is 47.0 Å². The second-order valence-electron chi connectivity index (χ2n) is 15.1. The number of hydrogen-bond donors (Lipinski definition) is 2. The second-order valence-corrected chi connectivity index (χ2v) is 20.4. The molecule has 2 N–H and O–H groups in total. The lowest BCUT2D eigenvalue weighted by atomic mass is 9.99. The Kier molecular flexibility index (Phi) is 16.0. The molecule has 0 bridgehead atoms. The van der Waals surface area contributed by atoms with E-state index >= 15 is 0 Å². The summed E-state index contributed by atoms with van der Waals surface area (Å²) in [5.41, 5.74) is 3.34. The number of aryl methyl sites for hydroxylation is 1. The van der Waals surface area contributed by atoms with Gasteiger partial charge < -0.3 is 13.6 Å². The third kappa shape index (κ3) is 12.3. The van der Waals surface area contributed by atoms with Crippen LogP contribution in [0.3, 0.4) is 0 Å². The fraction of sp³-hybridized carbons (Fsp3) is 0.100. The Balaban J connectivity index is 0.000000157. The van der Waals surface area contributed by atoms with Crippen molar-refractivity contribution in [3.8, 4) is 45.0 Å². The van der Waals surface area contributed by atoms with Crippen LogP contribution in [-0.2, 0) is 36.3 Å². The first-order valence-corrected chi connectivity index (χ1v) is 26.0. The van der Waals surface area contributed by atoms with Gasteiger partial charge in [-0.1, -0.05) is 162 Å². The van der Waals surface area contributed by atoms with Gasteiger partial charge in [0, 0.05) is 22.9 Å². The zero-order valence-corrected chi connectivity index (χ0v) is 39.8. The van der Waals surface area contributed by atoms with Gasteiger partial charge in [-0.15, -0.1) is 0 Å². The minimum atomic E-state index is -4.05. The normalized spacial score (nSPS) is 11.6. The average molecular weight is 1030 g/mol. The summed E-state index contributed by atoms with van der Waals surface area (Å²) in [7, 11) is -11.1. The summed E-state index contributed by atoms with van der Waals surface area (Å²) >= 11 is 0. The summed E-state index contributed by atoms with van der Waals surface area (Å²) < 4.78 is 146. The molecule has 0 saturated carbocycles. The quantitative estimate of drug-likeness (QED) is 0.0976. The molecule has 0 atom stereocenters. The van der Waals surface area contributed by atoms with Crippen molar-refractivity contribution < 1.29 is 56.4 Å². The van der Waals surface area contributed by atoms with E-state index in [9.17, 15) is 42.8 Å². The standard InChI is InChI=1S/C17H13F2NO3S.C17H16N2O3S.C16H12F2N2O3S/c1-24(21,22)13-9-7-11(8-10-13)14-15(12-5-3-2-4-6-12)20-23-16(14)17(18)19;1-2-15-16(17(22-18-15)13-9-5-3-6-10-13)19-23(20,21)14-11-7-4-8-12-14;17-16(18)15-14(13(19-23-15)11-7-3-1-4-8-11)20-24(21,22)12-9-5-2-6-10-12/h2-10,17H,1H3;3-12,19H,2H2,1H3;1-10,16,20H. The molecule has 0 saturated heterocycles. The van der Waals surface area contributed by atoms with Gasteiger partial charge in [0.05, 0.1) is 20.2 Å². The Hall–Kier alpha value is -7.88. The molecule has 9 aromatic rings. The summed E-state index contributed by atoms with van der Waals surface area (Å²) in [5.74, 6) is -0.948. The maximum absolute atomic E-state index is 13.3. The van der Waals surface area contributed by atoms with Crippen molar-refractivity contribution in [3.05, 3.63) is 193 Å². The summed E-state index contributed by atoms with van der Waals surface area (Å²) in [5, 5.41) is 11.4. The van der Waals surface area contributed by atoms with Gasteiger partial charge in [-0.05, 0) is 48.4 Å². The zero-order valence-electron chi connectivity index (χ0n) is 37.4. The molecule has 14 nitrogen and oxygen atoms in total. The van der Waals surface area contributed by atoms with Crippen molar-refractivity contribution >= 4 is 41.3 Å². The van der Waals surface area contributed by atoms with Gasteiger partial charge in [-0.3, -0.25) is 9.44 Å². The molecule has 0 spiro atoms. The van der Waals surface area contributed by atoms with Gasteiger partial charge in [0.25, 0.3) is 32.9 Å². The van der Waals surface area contributed by atoms with Crippen LogP contribution in [0.1, 0.15) is 37.0 Å². The first-order chi connectivity index (χ1) is 34.0. The van der Waals surface area contributed by atoms with Crippen molar-refractivity contribution in [2.75, 3.05) is 15.7 Å². The van der Waals surface area contributed by atoms with Crippen molar-refractivity contribution in [2.24, 2.45) is 0 Å². The van der Waals surface area contributed by atoms with E-state index in [1.54, 1.807) is 97.1 Å². The number of nitrogens with zero attached hydrogens (tertiary/aromatic N) is 3. The lowest BCUT2D eigenvalue weighted by Gasteiger charge is -2.09. The van der Waals surface area contributed by atoms with Crippen LogP contribution >= 0.6 is 0 Å². The Morgan fingerprint density at radius 2 is 0.859 bits per heavy atom. The topological polar surface area (TPSA) is 205 Å². The fourth-order valence-corrected chi connectivity index (χ4v) is 9.62. The monoisotopic (exact) mass is 1030 g/mol. The van der Waals surface area contributed by atoms with E-state index in [0.29, 0.717) is 40.3 Å². The van der Waals surface area contributed by atoms with Crippen LogP contribution in [0.5, 0.6) is 0 Å². The van der Waals surface area contributed by atoms with Crippen LogP contribution in [0.15, 0.2) is 204 Å². The molecule has 0 fully saturated rings. The lowest BCUT2D eigenvalue weighted by molar-refractivity contribution is 0.113. The molecule has 3 aromatic heterocycles. The van der Waals surface area contributed by atoms with Crippen LogP contribution in [0, 0.1) is 0 Å². The van der Waals surface area contributed by atoms with Crippen molar-refractivity contribution in [3.63, 3.8) is 0 Å². The Morgan fingerprint density at radius 3 is 1.31 bits per heavy atom. The van der Waals surface area contributed by atoms with Crippen LogP contribution < -0.4 is 9.44 Å². The van der Waals surface area contributed by atoms with E-state index in [0.717, 1.165) is 11.8 Å². The van der Waals surface area contributed by atoms with E-state index in [1.165, 1.54) is 48.5 Å². The molecule has 3 heterocycles. The van der Waals surface area contributed by atoms with Crippen molar-refractivity contribution in [2.45, 2.75) is 40.9 Å². The molecule has 0 unspecified atom stereocenters. The Labute approximate surface area is 406 Å². The highest BCUT2D eigenvalue weighted by Gasteiger charge is 2.29. The number of rotatable bonds is 14. The average Bonchev–Trinajstić information content (AvgIpc) is 4.13. The van der Waals surface area contributed by atoms with Gasteiger partial charge in [0.1, 0.15) is 28.5 Å². The first-order valence-electron chi connectivity index (χ1n) is 21.1. The Bertz CT molecular complexity index is 3510. The molecule has 0 aliphatic rings. The predicted molar refractivity (Wildman–Crippen MR) is 258 cm³/mol. The van der Waals surface area contributed by atoms with E-state index in [1.807, 2.05) is 37.3 Å². The third-order valence-electron chi connectivity index (χ3n) is 10.2. The number of aromatic nitrogens is 3. The SMILES string of the molecule is CCc1noc(-c2ccccc2)c1NS(=O)(=O)c1ccccc1.CS(=O)(=O)c1ccc(-c2c(-c3ccccc3)noc2C(F)F)cc1.O=S(=O)(Nc1c(-c2ccccc2)noc1C(F)F)c1ccccc1. The molecule has 0 amide bonds. The number of nitrogens with one attached hydrogen (secondary N) is 2. The highest BCUT2D eigenvalue weighted by Crippen LogP contribution is 2.40. The van der Waals surface area contributed by atoms with Crippen molar-refractivity contribution in [1.82, 2.24) is 15.5 Å². The largest absolute Gasteiger partial charge is 0.354 e. The molecule has 0 aliphatic heterocycles. The summed E-state index contributed by atoms with van der Waals surface area (Å²) in [6, 6.07) is 47.8. The fourth-order valence-electron chi connectivity index (χ4n) is 6.78. The van der Waals surface area contributed by atoms with E-state index in [4.69, 9.17) is 9.05 Å². The molecule has 366 valence electrons. The first kappa shape index (κ1) is 51.0. The summed E-state index contributed by atoms with van der Waals surface area (Å²) in [6.45, 7) is 1.90. The van der Waals surface area contributed by atoms with Gasteiger partial charge in [-0.25, -0.2) is 42.8 Å². The molecule has 71 heavy (non-hydrogen) atoms. The van der Waals surface area contributed by atoms with E-state index < -0.39 is 54.3 Å². The summed E-state index contributed by atoms with van der Waals surface area (Å²) in [6.07, 6.45) is -4.20. The lowest BCUT2D eigenvalue weighted by Crippen LogP contribution is -2.14. The minimum Gasteiger partial charge on any atom is -0.354 e. The van der Waals surface area contributed by atoms with Gasteiger partial charge in [-0.2, -0.15) is 0 Å². The highest BCUT2D eigenvalue weighted by molar-refractivity contribution is 7.93. The number of sulfone groups is 1. The number of benzene rings is 6. The Morgan fingerprint density at radius 1 is 0.451 bits per heavy atom. The number of sulfonamides is 2. The molecular weight excluding hydrogens is 987 g/mol. The maximum atomic E-state index is 13.3. The second kappa shape index (κ2) is 22.3. The zero-order chi connectivity index (χ0) is 50.8. The van der Waals surface area contributed by atoms with Crippen LogP contribution in [0.2, 0.25) is 0 Å². The van der Waals surface area contributed by atoms with E-state index in [2.05, 4.69) is 29.4 Å². The van der Waals surface area contributed by atoms with E-state index in [-0.39, 0.29) is 37.3 Å². The van der Waals surface area contributed by atoms with Crippen LogP contribution in [0.4, 0.5) is 28.9 Å². The number of alkyl halides is 4.